The minimum atomic E-state index is 0.218. The van der Waals surface area contributed by atoms with Crippen LogP contribution in [0.4, 0.5) is 5.69 Å². The second-order valence-corrected chi connectivity index (χ2v) is 4.90. The molecule has 0 fully saturated rings. The summed E-state index contributed by atoms with van der Waals surface area (Å²) >= 11 is 0. The molecular formula is C16H26N2O2. The average Bonchev–Trinajstić information content (AvgIpc) is 2.46. The number of nitrogens with zero attached hydrogens (tertiary/aromatic N) is 1. The first-order chi connectivity index (χ1) is 9.62. The van der Waals surface area contributed by atoms with Crippen LogP contribution in [0.2, 0.25) is 0 Å². The molecule has 1 aromatic rings. The Kier molecular flexibility index (Phi) is 6.91. The van der Waals surface area contributed by atoms with Crippen molar-refractivity contribution in [3.05, 3.63) is 23.8 Å². The van der Waals surface area contributed by atoms with E-state index in [1.54, 1.807) is 7.11 Å². The second-order valence-electron chi connectivity index (χ2n) is 4.90. The largest absolute Gasteiger partial charge is 0.495 e. The van der Waals surface area contributed by atoms with E-state index in [0.717, 1.165) is 37.9 Å². The summed E-state index contributed by atoms with van der Waals surface area (Å²) in [5.41, 5.74) is 7.56. The third kappa shape index (κ3) is 4.76. The van der Waals surface area contributed by atoms with E-state index in [1.807, 2.05) is 30.0 Å². The number of anilines is 1. The third-order valence-electron chi connectivity index (χ3n) is 3.44. The Balaban J connectivity index is 2.53. The molecule has 4 nitrogen and oxygen atoms in total. The maximum absolute atomic E-state index is 12.1. The first kappa shape index (κ1) is 16.3. The van der Waals surface area contributed by atoms with Gasteiger partial charge in [0.2, 0.25) is 5.91 Å². The van der Waals surface area contributed by atoms with Gasteiger partial charge in [0.15, 0.2) is 0 Å². The first-order valence-corrected chi connectivity index (χ1v) is 7.32. The number of amides is 1. The van der Waals surface area contributed by atoms with Crippen LogP contribution in [-0.4, -0.2) is 31.0 Å². The van der Waals surface area contributed by atoms with Crippen LogP contribution in [-0.2, 0) is 11.2 Å². The fraction of sp³-hybridized carbons (Fsp3) is 0.562. The van der Waals surface area contributed by atoms with Gasteiger partial charge in [-0.25, -0.2) is 0 Å². The fourth-order valence-corrected chi connectivity index (χ4v) is 2.16. The molecular weight excluding hydrogens is 252 g/mol. The maximum Gasteiger partial charge on any atom is 0.222 e. The predicted octanol–water partition coefficient (Wildman–Crippen LogP) is 2.86. The van der Waals surface area contributed by atoms with E-state index in [0.29, 0.717) is 17.9 Å². The van der Waals surface area contributed by atoms with Crippen LogP contribution < -0.4 is 10.5 Å². The summed E-state index contributed by atoms with van der Waals surface area (Å²) in [5, 5.41) is 0. The number of methoxy groups -OCH3 is 1. The summed E-state index contributed by atoms with van der Waals surface area (Å²) in [5.74, 6) is 0.897. The van der Waals surface area contributed by atoms with Gasteiger partial charge in [-0.15, -0.1) is 0 Å². The van der Waals surface area contributed by atoms with E-state index >= 15 is 0 Å². The predicted molar refractivity (Wildman–Crippen MR) is 82.9 cm³/mol. The Labute approximate surface area is 121 Å². The summed E-state index contributed by atoms with van der Waals surface area (Å²) in [6, 6.07) is 5.70. The summed E-state index contributed by atoms with van der Waals surface area (Å²) in [6.07, 6.45) is 3.42. The highest BCUT2D eigenvalue weighted by atomic mass is 16.5. The minimum absolute atomic E-state index is 0.218. The number of hydrogen-bond donors (Lipinski definition) is 1. The summed E-state index contributed by atoms with van der Waals surface area (Å²) < 4.78 is 5.13. The van der Waals surface area contributed by atoms with Crippen molar-refractivity contribution in [3.63, 3.8) is 0 Å². The summed E-state index contributed by atoms with van der Waals surface area (Å²) in [6.45, 7) is 5.80. The number of carbonyl (C=O) groups is 1. The van der Waals surface area contributed by atoms with Crippen LogP contribution in [0.5, 0.6) is 5.75 Å². The van der Waals surface area contributed by atoms with Gasteiger partial charge in [-0.1, -0.05) is 19.4 Å². The van der Waals surface area contributed by atoms with Crippen molar-refractivity contribution >= 4 is 11.6 Å². The minimum Gasteiger partial charge on any atom is -0.495 e. The number of nitrogens with two attached hydrogens (primary N) is 1. The van der Waals surface area contributed by atoms with E-state index in [1.165, 1.54) is 0 Å². The summed E-state index contributed by atoms with van der Waals surface area (Å²) in [7, 11) is 1.60. The van der Waals surface area contributed by atoms with E-state index in [4.69, 9.17) is 10.5 Å². The van der Waals surface area contributed by atoms with E-state index in [2.05, 4.69) is 6.92 Å². The molecule has 1 rings (SSSR count). The van der Waals surface area contributed by atoms with Crippen molar-refractivity contribution in [2.75, 3.05) is 25.9 Å². The van der Waals surface area contributed by atoms with Gasteiger partial charge in [-0.2, -0.15) is 0 Å². The lowest BCUT2D eigenvalue weighted by atomic mass is 10.1. The Hall–Kier alpha value is -1.71. The van der Waals surface area contributed by atoms with Crippen molar-refractivity contribution in [1.29, 1.82) is 0 Å². The number of benzene rings is 1. The van der Waals surface area contributed by atoms with Crippen LogP contribution in [0.3, 0.4) is 0 Å². The number of nitrogen functional groups attached to an aromatic ring is 1. The molecule has 0 aliphatic heterocycles. The van der Waals surface area contributed by atoms with Crippen LogP contribution in [0, 0.1) is 0 Å². The van der Waals surface area contributed by atoms with E-state index < -0.39 is 0 Å². The van der Waals surface area contributed by atoms with Gasteiger partial charge in [-0.05, 0) is 37.5 Å². The zero-order valence-electron chi connectivity index (χ0n) is 12.8. The van der Waals surface area contributed by atoms with Crippen LogP contribution in [0.1, 0.15) is 38.7 Å². The molecule has 1 aromatic carbocycles. The van der Waals surface area contributed by atoms with Crippen molar-refractivity contribution < 1.29 is 9.53 Å². The zero-order valence-corrected chi connectivity index (χ0v) is 12.8. The molecule has 0 bridgehead atoms. The van der Waals surface area contributed by atoms with E-state index in [9.17, 15) is 4.79 Å². The lowest BCUT2D eigenvalue weighted by Crippen LogP contribution is -2.31. The molecule has 0 spiro atoms. The van der Waals surface area contributed by atoms with Crippen LogP contribution in [0.25, 0.3) is 0 Å². The van der Waals surface area contributed by atoms with Crippen molar-refractivity contribution in [2.45, 2.75) is 39.5 Å². The molecule has 112 valence electrons. The summed E-state index contributed by atoms with van der Waals surface area (Å²) in [4.78, 5) is 14.1. The number of unbranched alkanes of at least 4 members (excludes halogenated alkanes) is 1. The van der Waals surface area contributed by atoms with Gasteiger partial charge < -0.3 is 15.4 Å². The molecule has 0 aliphatic carbocycles. The maximum atomic E-state index is 12.1. The molecule has 0 radical (unpaired) electrons. The fourth-order valence-electron chi connectivity index (χ4n) is 2.16. The van der Waals surface area contributed by atoms with Crippen LogP contribution >= 0.6 is 0 Å². The SMILES string of the molecule is CCCCN(CC)C(=O)CCc1ccc(OC)c(N)c1. The molecule has 0 aromatic heterocycles. The monoisotopic (exact) mass is 278 g/mol. The van der Waals surface area contributed by atoms with Gasteiger partial charge in [0, 0.05) is 19.5 Å². The molecule has 4 heteroatoms. The molecule has 0 atom stereocenters. The van der Waals surface area contributed by atoms with Gasteiger partial charge in [-0.3, -0.25) is 4.79 Å². The van der Waals surface area contributed by atoms with Crippen molar-refractivity contribution in [1.82, 2.24) is 4.90 Å². The molecule has 0 saturated heterocycles. The van der Waals surface area contributed by atoms with Gasteiger partial charge >= 0.3 is 0 Å². The standard InChI is InChI=1S/C16H26N2O2/c1-4-6-11-18(5-2)16(19)10-8-13-7-9-15(20-3)14(17)12-13/h7,9,12H,4-6,8,10-11,17H2,1-3H3. The smallest absolute Gasteiger partial charge is 0.222 e. The Bertz CT molecular complexity index is 432. The van der Waals surface area contributed by atoms with Gasteiger partial charge in [0.05, 0.1) is 12.8 Å². The normalized spacial score (nSPS) is 10.3. The zero-order chi connectivity index (χ0) is 15.0. The molecule has 0 aliphatic rings. The van der Waals surface area contributed by atoms with Crippen molar-refractivity contribution in [2.24, 2.45) is 0 Å². The third-order valence-corrected chi connectivity index (χ3v) is 3.44. The number of carbonyl (C=O) groups excluding carboxylic acids is 1. The number of rotatable bonds is 8. The number of ether oxygens (including phenoxy) is 1. The van der Waals surface area contributed by atoms with Crippen LogP contribution in [0.15, 0.2) is 18.2 Å². The van der Waals surface area contributed by atoms with Gasteiger partial charge in [0.1, 0.15) is 5.75 Å². The topological polar surface area (TPSA) is 55.6 Å². The lowest BCUT2D eigenvalue weighted by molar-refractivity contribution is -0.131. The highest BCUT2D eigenvalue weighted by Gasteiger charge is 2.11. The Morgan fingerprint density at radius 3 is 2.65 bits per heavy atom. The first-order valence-electron chi connectivity index (χ1n) is 7.32. The molecule has 2 N–H and O–H groups in total. The Morgan fingerprint density at radius 2 is 2.10 bits per heavy atom. The average molecular weight is 278 g/mol. The van der Waals surface area contributed by atoms with E-state index in [-0.39, 0.29) is 5.91 Å². The number of hydrogen-bond acceptors (Lipinski definition) is 3. The number of aryl methyl sites for hydroxylation is 1. The lowest BCUT2D eigenvalue weighted by Gasteiger charge is -2.20. The quantitative estimate of drug-likeness (QED) is 0.744. The highest BCUT2D eigenvalue weighted by Crippen LogP contribution is 2.22. The molecule has 20 heavy (non-hydrogen) atoms. The molecule has 0 saturated carbocycles. The molecule has 0 unspecified atom stereocenters. The Morgan fingerprint density at radius 1 is 1.35 bits per heavy atom. The second kappa shape index (κ2) is 8.46. The highest BCUT2D eigenvalue weighted by molar-refractivity contribution is 5.76. The van der Waals surface area contributed by atoms with Gasteiger partial charge in [0.25, 0.3) is 0 Å². The molecule has 0 heterocycles. The van der Waals surface area contributed by atoms with Crippen molar-refractivity contribution in [3.8, 4) is 5.75 Å². The molecule has 1 amide bonds.